The molecule has 1 fully saturated rings. The number of aliphatic hydroxyl groups is 1. The molecule has 2 aromatic carbocycles. The lowest BCUT2D eigenvalue weighted by molar-refractivity contribution is -0.132. The van der Waals surface area contributed by atoms with E-state index in [0.717, 1.165) is 23.1 Å². The molecular formula is C26H25NO4. The van der Waals surface area contributed by atoms with E-state index in [0.29, 0.717) is 22.8 Å². The number of ketones is 1. The standard InChI is InChI=1S/C26H25NO4/c1-5-18-9-11-19(12-10-18)24(28)22-23(21-13-8-17(4)31-21)27(26(30)25(22)29)20-14-15(2)6-7-16(20)3/h6-14,23,28H,5H2,1-4H3/b24-22-. The molecule has 0 bridgehead atoms. The molecule has 5 heteroatoms. The third-order valence-corrected chi connectivity index (χ3v) is 5.73. The summed E-state index contributed by atoms with van der Waals surface area (Å²) in [5.74, 6) is -0.512. The highest BCUT2D eigenvalue weighted by Crippen LogP contribution is 2.43. The number of furan rings is 1. The van der Waals surface area contributed by atoms with Gasteiger partial charge in [-0.3, -0.25) is 14.5 Å². The van der Waals surface area contributed by atoms with Gasteiger partial charge < -0.3 is 9.52 Å². The summed E-state index contributed by atoms with van der Waals surface area (Å²) in [4.78, 5) is 27.8. The fraction of sp³-hybridized carbons (Fsp3) is 0.231. The average Bonchev–Trinajstić information content (AvgIpc) is 3.30. The van der Waals surface area contributed by atoms with Crippen molar-refractivity contribution < 1.29 is 19.1 Å². The molecule has 1 N–H and O–H groups in total. The Balaban J connectivity index is 1.94. The van der Waals surface area contributed by atoms with E-state index >= 15 is 0 Å². The van der Waals surface area contributed by atoms with Crippen molar-refractivity contribution in [2.45, 2.75) is 40.2 Å². The number of aryl methyl sites for hydroxylation is 4. The predicted molar refractivity (Wildman–Crippen MR) is 120 cm³/mol. The summed E-state index contributed by atoms with van der Waals surface area (Å²) in [6, 6.07) is 15.8. The van der Waals surface area contributed by atoms with Gasteiger partial charge >= 0.3 is 0 Å². The van der Waals surface area contributed by atoms with E-state index in [1.54, 1.807) is 31.2 Å². The zero-order valence-corrected chi connectivity index (χ0v) is 18.1. The zero-order chi connectivity index (χ0) is 22.3. The van der Waals surface area contributed by atoms with E-state index in [1.165, 1.54) is 4.90 Å². The fourth-order valence-corrected chi connectivity index (χ4v) is 3.98. The normalized spacial score (nSPS) is 18.1. The minimum Gasteiger partial charge on any atom is -0.507 e. The second-order valence-electron chi connectivity index (χ2n) is 7.96. The van der Waals surface area contributed by atoms with Gasteiger partial charge in [-0.05, 0) is 62.1 Å². The highest BCUT2D eigenvalue weighted by molar-refractivity contribution is 6.51. The number of anilines is 1. The minimum atomic E-state index is -0.847. The van der Waals surface area contributed by atoms with E-state index in [9.17, 15) is 14.7 Å². The molecule has 4 rings (SSSR count). The van der Waals surface area contributed by atoms with Crippen LogP contribution < -0.4 is 4.90 Å². The topological polar surface area (TPSA) is 70.8 Å². The monoisotopic (exact) mass is 415 g/mol. The van der Waals surface area contributed by atoms with Gasteiger partial charge in [0.15, 0.2) is 0 Å². The third-order valence-electron chi connectivity index (χ3n) is 5.73. The number of aliphatic hydroxyl groups excluding tert-OH is 1. The minimum absolute atomic E-state index is 0.0319. The van der Waals surface area contributed by atoms with E-state index in [2.05, 4.69) is 0 Å². The molecule has 5 nitrogen and oxygen atoms in total. The Morgan fingerprint density at radius 1 is 1.00 bits per heavy atom. The highest BCUT2D eigenvalue weighted by Gasteiger charge is 2.48. The maximum atomic E-state index is 13.2. The molecule has 1 aliphatic rings. The third kappa shape index (κ3) is 3.56. The Labute approximate surface area is 181 Å². The van der Waals surface area contributed by atoms with Gasteiger partial charge in [0.25, 0.3) is 11.7 Å². The smallest absolute Gasteiger partial charge is 0.300 e. The number of Topliss-reactive ketones (excluding diaryl/α,β-unsaturated/α-hetero) is 1. The largest absolute Gasteiger partial charge is 0.507 e. The van der Waals surface area contributed by atoms with Crippen molar-refractivity contribution in [2.24, 2.45) is 0 Å². The van der Waals surface area contributed by atoms with Crippen molar-refractivity contribution in [3.8, 4) is 0 Å². The lowest BCUT2D eigenvalue weighted by atomic mass is 9.98. The first-order valence-corrected chi connectivity index (χ1v) is 10.4. The molecule has 1 atom stereocenters. The van der Waals surface area contributed by atoms with Crippen LogP contribution in [0.25, 0.3) is 5.76 Å². The predicted octanol–water partition coefficient (Wildman–Crippen LogP) is 5.39. The number of rotatable bonds is 4. The molecule has 0 radical (unpaired) electrons. The second kappa shape index (κ2) is 7.91. The van der Waals surface area contributed by atoms with Crippen LogP contribution in [0.15, 0.2) is 64.6 Å². The first kappa shape index (κ1) is 20.7. The first-order chi connectivity index (χ1) is 14.8. The molecule has 0 aliphatic carbocycles. The molecular weight excluding hydrogens is 390 g/mol. The summed E-state index contributed by atoms with van der Waals surface area (Å²) in [6.45, 7) is 7.67. The molecule has 1 saturated heterocycles. The Bertz CT molecular complexity index is 1200. The lowest BCUT2D eigenvalue weighted by Crippen LogP contribution is -2.30. The molecule has 2 heterocycles. The van der Waals surface area contributed by atoms with Crippen molar-refractivity contribution in [3.63, 3.8) is 0 Å². The summed E-state index contributed by atoms with van der Waals surface area (Å²) in [5.41, 5.74) is 4.08. The maximum absolute atomic E-state index is 13.2. The van der Waals surface area contributed by atoms with Gasteiger partial charge in [0.1, 0.15) is 23.3 Å². The number of benzene rings is 2. The number of nitrogens with zero attached hydrogens (tertiary/aromatic N) is 1. The van der Waals surface area contributed by atoms with Crippen LogP contribution in [0, 0.1) is 20.8 Å². The molecule has 158 valence electrons. The molecule has 0 saturated carbocycles. The van der Waals surface area contributed by atoms with E-state index in [4.69, 9.17) is 4.42 Å². The first-order valence-electron chi connectivity index (χ1n) is 10.4. The summed E-state index contributed by atoms with van der Waals surface area (Å²) >= 11 is 0. The van der Waals surface area contributed by atoms with Gasteiger partial charge in [-0.2, -0.15) is 0 Å². The molecule has 3 aromatic rings. The summed E-state index contributed by atoms with van der Waals surface area (Å²) < 4.78 is 5.85. The number of hydrogen-bond donors (Lipinski definition) is 1. The average molecular weight is 415 g/mol. The number of amides is 1. The van der Waals surface area contributed by atoms with Gasteiger partial charge in [-0.15, -0.1) is 0 Å². The Hall–Kier alpha value is -3.60. The number of carbonyl (C=O) groups is 2. The van der Waals surface area contributed by atoms with Gasteiger partial charge in [-0.25, -0.2) is 0 Å². The summed E-state index contributed by atoms with van der Waals surface area (Å²) in [5, 5.41) is 11.1. The Morgan fingerprint density at radius 2 is 1.71 bits per heavy atom. The van der Waals surface area contributed by atoms with E-state index < -0.39 is 17.7 Å². The molecule has 1 aromatic heterocycles. The number of hydrogen-bond acceptors (Lipinski definition) is 4. The van der Waals surface area contributed by atoms with Crippen LogP contribution >= 0.6 is 0 Å². The Morgan fingerprint density at radius 3 is 2.32 bits per heavy atom. The number of carbonyl (C=O) groups excluding carboxylic acids is 2. The summed E-state index contributed by atoms with van der Waals surface area (Å²) in [6.07, 6.45) is 0.865. The van der Waals surface area contributed by atoms with Gasteiger partial charge in [0.05, 0.1) is 5.57 Å². The van der Waals surface area contributed by atoms with Crippen molar-refractivity contribution >= 4 is 23.1 Å². The van der Waals surface area contributed by atoms with Gasteiger partial charge in [-0.1, -0.05) is 43.3 Å². The fourth-order valence-electron chi connectivity index (χ4n) is 3.98. The molecule has 1 amide bonds. The molecule has 31 heavy (non-hydrogen) atoms. The van der Waals surface area contributed by atoms with Crippen LogP contribution in [0.5, 0.6) is 0 Å². The molecule has 1 unspecified atom stereocenters. The van der Waals surface area contributed by atoms with Crippen molar-refractivity contribution in [1.29, 1.82) is 0 Å². The van der Waals surface area contributed by atoms with Gasteiger partial charge in [0.2, 0.25) is 0 Å². The maximum Gasteiger partial charge on any atom is 0.300 e. The van der Waals surface area contributed by atoms with Crippen molar-refractivity contribution in [3.05, 3.63) is 93.9 Å². The van der Waals surface area contributed by atoms with Crippen LogP contribution in [-0.2, 0) is 16.0 Å². The summed E-state index contributed by atoms with van der Waals surface area (Å²) in [7, 11) is 0. The van der Waals surface area contributed by atoms with Crippen molar-refractivity contribution in [2.75, 3.05) is 4.90 Å². The lowest BCUT2D eigenvalue weighted by Gasteiger charge is -2.25. The van der Waals surface area contributed by atoms with Crippen LogP contribution in [0.1, 0.15) is 46.7 Å². The second-order valence-corrected chi connectivity index (χ2v) is 7.96. The quantitative estimate of drug-likeness (QED) is 0.352. The highest BCUT2D eigenvalue weighted by atomic mass is 16.3. The zero-order valence-electron chi connectivity index (χ0n) is 18.1. The van der Waals surface area contributed by atoms with Crippen LogP contribution in [0.3, 0.4) is 0 Å². The molecule has 0 spiro atoms. The van der Waals surface area contributed by atoms with Gasteiger partial charge in [0, 0.05) is 11.3 Å². The van der Waals surface area contributed by atoms with E-state index in [1.807, 2.05) is 51.1 Å². The van der Waals surface area contributed by atoms with Crippen molar-refractivity contribution in [1.82, 2.24) is 0 Å². The molecule has 1 aliphatic heterocycles. The van der Waals surface area contributed by atoms with E-state index in [-0.39, 0.29) is 11.3 Å². The Kier molecular flexibility index (Phi) is 5.27. The van der Waals surface area contributed by atoms with Crippen LogP contribution in [0.2, 0.25) is 0 Å². The SMILES string of the molecule is CCc1ccc(/C(O)=C2/C(=O)C(=O)N(c3cc(C)ccc3C)C2c2ccc(C)o2)cc1. The van der Waals surface area contributed by atoms with Crippen LogP contribution in [0.4, 0.5) is 5.69 Å². The van der Waals surface area contributed by atoms with Crippen LogP contribution in [-0.4, -0.2) is 16.8 Å².